The largest absolute Gasteiger partial charge is 0.381 e. The van der Waals surface area contributed by atoms with Crippen LogP contribution in [0.15, 0.2) is 17.5 Å². The highest BCUT2D eigenvalue weighted by molar-refractivity contribution is 7.12. The molecule has 2 aliphatic heterocycles. The molecular formula is C15H19NO3S. The maximum absolute atomic E-state index is 12.4. The van der Waals surface area contributed by atoms with E-state index in [4.69, 9.17) is 4.74 Å². The van der Waals surface area contributed by atoms with Crippen LogP contribution in [-0.2, 0) is 9.53 Å². The van der Waals surface area contributed by atoms with E-state index in [-0.39, 0.29) is 23.5 Å². The molecule has 0 N–H and O–H groups in total. The van der Waals surface area contributed by atoms with Crippen molar-refractivity contribution in [1.29, 1.82) is 0 Å². The van der Waals surface area contributed by atoms with Gasteiger partial charge in [0.15, 0.2) is 5.78 Å². The second-order valence-electron chi connectivity index (χ2n) is 5.53. The fourth-order valence-corrected chi connectivity index (χ4v) is 3.74. The molecule has 2 aliphatic rings. The summed E-state index contributed by atoms with van der Waals surface area (Å²) in [6.07, 6.45) is 2.63. The van der Waals surface area contributed by atoms with Gasteiger partial charge >= 0.3 is 0 Å². The van der Waals surface area contributed by atoms with Gasteiger partial charge in [-0.05, 0) is 30.7 Å². The van der Waals surface area contributed by atoms with Crippen LogP contribution in [0.4, 0.5) is 0 Å². The van der Waals surface area contributed by atoms with Crippen molar-refractivity contribution in [2.45, 2.75) is 19.3 Å². The van der Waals surface area contributed by atoms with Crippen molar-refractivity contribution in [1.82, 2.24) is 4.90 Å². The maximum Gasteiger partial charge on any atom is 0.228 e. The zero-order chi connectivity index (χ0) is 13.9. The number of hydrogen-bond donors (Lipinski definition) is 0. The fourth-order valence-electron chi connectivity index (χ4n) is 3.00. The highest BCUT2D eigenvalue weighted by Gasteiger charge is 2.33. The smallest absolute Gasteiger partial charge is 0.228 e. The number of nitrogens with zero attached hydrogens (tertiary/aromatic N) is 1. The summed E-state index contributed by atoms with van der Waals surface area (Å²) in [4.78, 5) is 27.5. The van der Waals surface area contributed by atoms with Crippen LogP contribution in [0, 0.1) is 11.8 Å². The van der Waals surface area contributed by atoms with Gasteiger partial charge in [0.05, 0.1) is 17.4 Å². The first-order chi connectivity index (χ1) is 9.75. The molecule has 0 aromatic carbocycles. The average molecular weight is 293 g/mol. The van der Waals surface area contributed by atoms with Gasteiger partial charge in [0, 0.05) is 25.6 Å². The Hall–Kier alpha value is -1.20. The fraction of sp³-hybridized carbons (Fsp3) is 0.600. The molecule has 1 amide bonds. The number of ether oxygens (including phenoxy) is 1. The van der Waals surface area contributed by atoms with E-state index in [1.54, 1.807) is 0 Å². The Morgan fingerprint density at radius 3 is 2.90 bits per heavy atom. The Morgan fingerprint density at radius 1 is 1.30 bits per heavy atom. The van der Waals surface area contributed by atoms with E-state index >= 15 is 0 Å². The first-order valence-electron chi connectivity index (χ1n) is 7.20. The molecule has 2 fully saturated rings. The highest BCUT2D eigenvalue weighted by Crippen LogP contribution is 2.25. The molecule has 3 rings (SSSR count). The van der Waals surface area contributed by atoms with Crippen LogP contribution in [-0.4, -0.2) is 42.9 Å². The maximum atomic E-state index is 12.4. The molecule has 0 aliphatic carbocycles. The van der Waals surface area contributed by atoms with Gasteiger partial charge in [0.25, 0.3) is 0 Å². The third-order valence-corrected chi connectivity index (χ3v) is 5.03. The van der Waals surface area contributed by atoms with Crippen LogP contribution in [0.1, 0.15) is 28.9 Å². The lowest BCUT2D eigenvalue weighted by Crippen LogP contribution is -2.45. The minimum Gasteiger partial charge on any atom is -0.381 e. The lowest BCUT2D eigenvalue weighted by Gasteiger charge is -2.33. The number of carbonyl (C=O) groups excluding carboxylic acids is 2. The normalized spacial score (nSPS) is 26.7. The zero-order valence-electron chi connectivity index (χ0n) is 11.4. The molecule has 4 nitrogen and oxygen atoms in total. The number of Topliss-reactive ketones (excluding diaryl/α,β-unsaturated/α-hetero) is 1. The topological polar surface area (TPSA) is 46.6 Å². The number of hydrogen-bond acceptors (Lipinski definition) is 4. The molecule has 1 aromatic rings. The Morgan fingerprint density at radius 2 is 2.20 bits per heavy atom. The van der Waals surface area contributed by atoms with Crippen LogP contribution in [0.5, 0.6) is 0 Å². The van der Waals surface area contributed by atoms with Crippen molar-refractivity contribution >= 4 is 23.0 Å². The van der Waals surface area contributed by atoms with E-state index in [9.17, 15) is 9.59 Å². The molecule has 108 valence electrons. The number of ketones is 1. The predicted molar refractivity (Wildman–Crippen MR) is 76.9 cm³/mol. The van der Waals surface area contributed by atoms with Gasteiger partial charge in [-0.25, -0.2) is 0 Å². The van der Waals surface area contributed by atoms with Gasteiger partial charge < -0.3 is 9.64 Å². The molecule has 20 heavy (non-hydrogen) atoms. The SMILES string of the molecule is O=C(c1cccs1)C1CCCN(C(=O)C2CCOC2)C1. The third kappa shape index (κ3) is 2.79. The monoisotopic (exact) mass is 293 g/mol. The molecule has 3 heterocycles. The molecular weight excluding hydrogens is 274 g/mol. The van der Waals surface area contributed by atoms with Crippen molar-refractivity contribution in [3.63, 3.8) is 0 Å². The quantitative estimate of drug-likeness (QED) is 0.803. The van der Waals surface area contributed by atoms with Crippen molar-refractivity contribution in [2.75, 3.05) is 26.3 Å². The van der Waals surface area contributed by atoms with Crippen molar-refractivity contribution in [3.05, 3.63) is 22.4 Å². The van der Waals surface area contributed by atoms with Gasteiger partial charge in [0.1, 0.15) is 0 Å². The number of likely N-dealkylation sites (tertiary alicyclic amines) is 1. The molecule has 2 atom stereocenters. The van der Waals surface area contributed by atoms with E-state index in [2.05, 4.69) is 0 Å². The molecule has 0 radical (unpaired) electrons. The van der Waals surface area contributed by atoms with Crippen molar-refractivity contribution < 1.29 is 14.3 Å². The summed E-state index contributed by atoms with van der Waals surface area (Å²) in [6.45, 7) is 2.58. The van der Waals surface area contributed by atoms with Gasteiger partial charge in [-0.15, -0.1) is 11.3 Å². The Bertz CT molecular complexity index is 479. The van der Waals surface area contributed by atoms with E-state index in [1.165, 1.54) is 11.3 Å². The second kappa shape index (κ2) is 6.06. The molecule has 2 saturated heterocycles. The Kier molecular flexibility index (Phi) is 4.17. The second-order valence-corrected chi connectivity index (χ2v) is 6.47. The summed E-state index contributed by atoms with van der Waals surface area (Å²) in [7, 11) is 0. The van der Waals surface area contributed by atoms with E-state index in [1.807, 2.05) is 22.4 Å². The summed E-state index contributed by atoms with van der Waals surface area (Å²) in [5, 5.41) is 1.93. The van der Waals surface area contributed by atoms with Crippen LogP contribution in [0.2, 0.25) is 0 Å². The van der Waals surface area contributed by atoms with E-state index in [0.29, 0.717) is 19.8 Å². The predicted octanol–water partition coefficient (Wildman–Crippen LogP) is 2.21. The standard InChI is InChI=1S/C15H19NO3S/c17-14(13-4-2-8-20-13)11-3-1-6-16(9-11)15(18)12-5-7-19-10-12/h2,4,8,11-12H,1,3,5-7,9-10H2. The minimum absolute atomic E-state index is 0.00518. The average Bonchev–Trinajstić information content (AvgIpc) is 3.18. The van der Waals surface area contributed by atoms with Crippen molar-refractivity contribution in [2.24, 2.45) is 11.8 Å². The highest BCUT2D eigenvalue weighted by atomic mass is 32.1. The van der Waals surface area contributed by atoms with Gasteiger partial charge in [-0.3, -0.25) is 9.59 Å². The summed E-state index contributed by atoms with van der Waals surface area (Å²) in [5.41, 5.74) is 0. The molecule has 0 saturated carbocycles. The number of rotatable bonds is 3. The molecule has 5 heteroatoms. The molecule has 1 aromatic heterocycles. The van der Waals surface area contributed by atoms with Crippen LogP contribution < -0.4 is 0 Å². The van der Waals surface area contributed by atoms with Gasteiger partial charge in [0.2, 0.25) is 5.91 Å². The van der Waals surface area contributed by atoms with E-state index < -0.39 is 0 Å². The first kappa shape index (κ1) is 13.8. The van der Waals surface area contributed by atoms with Gasteiger partial charge in [-0.1, -0.05) is 6.07 Å². The lowest BCUT2D eigenvalue weighted by molar-refractivity contribution is -0.136. The van der Waals surface area contributed by atoms with E-state index in [0.717, 1.165) is 30.7 Å². The molecule has 0 bridgehead atoms. The Balaban J connectivity index is 1.64. The van der Waals surface area contributed by atoms with Crippen LogP contribution in [0.3, 0.4) is 0 Å². The van der Waals surface area contributed by atoms with Crippen LogP contribution in [0.25, 0.3) is 0 Å². The van der Waals surface area contributed by atoms with Crippen molar-refractivity contribution in [3.8, 4) is 0 Å². The molecule has 2 unspecified atom stereocenters. The lowest BCUT2D eigenvalue weighted by atomic mass is 9.92. The number of thiophene rings is 1. The number of carbonyl (C=O) groups is 2. The third-order valence-electron chi connectivity index (χ3n) is 4.15. The summed E-state index contributed by atoms with van der Waals surface area (Å²) in [6, 6.07) is 3.78. The van der Waals surface area contributed by atoms with Crippen LogP contribution >= 0.6 is 11.3 Å². The minimum atomic E-state index is -0.0336. The summed E-state index contributed by atoms with van der Waals surface area (Å²) >= 11 is 1.49. The first-order valence-corrected chi connectivity index (χ1v) is 8.08. The Labute approximate surface area is 122 Å². The zero-order valence-corrected chi connectivity index (χ0v) is 12.2. The number of amides is 1. The summed E-state index contributed by atoms with van der Waals surface area (Å²) < 4.78 is 5.29. The van der Waals surface area contributed by atoms with Gasteiger partial charge in [-0.2, -0.15) is 0 Å². The molecule has 0 spiro atoms. The summed E-state index contributed by atoms with van der Waals surface area (Å²) in [5.74, 6) is 0.339. The number of piperidine rings is 1.